The van der Waals surface area contributed by atoms with Crippen LogP contribution in [-0.2, 0) is 6.18 Å². The second-order valence-corrected chi connectivity index (χ2v) is 7.07. The first-order valence-electron chi connectivity index (χ1n) is 9.41. The van der Waals surface area contributed by atoms with Crippen LogP contribution in [0.15, 0.2) is 82.6 Å². The summed E-state index contributed by atoms with van der Waals surface area (Å²) in [6, 6.07) is 18.4. The maximum atomic E-state index is 13.1. The zero-order valence-corrected chi connectivity index (χ0v) is 16.4. The van der Waals surface area contributed by atoms with E-state index in [1.807, 2.05) is 13.0 Å². The first-order chi connectivity index (χ1) is 14.8. The van der Waals surface area contributed by atoms with Crippen LogP contribution in [0.1, 0.15) is 16.7 Å². The predicted molar refractivity (Wildman–Crippen MR) is 115 cm³/mol. The molecule has 0 unspecified atom stereocenters. The summed E-state index contributed by atoms with van der Waals surface area (Å²) in [6.07, 6.45) is -3.21. The lowest BCUT2D eigenvalue weighted by molar-refractivity contribution is -0.137. The van der Waals surface area contributed by atoms with Crippen LogP contribution in [0.5, 0.6) is 5.88 Å². The van der Waals surface area contributed by atoms with Crippen LogP contribution < -0.4 is 5.56 Å². The van der Waals surface area contributed by atoms with Gasteiger partial charge in [0.05, 0.1) is 22.5 Å². The van der Waals surface area contributed by atoms with Crippen LogP contribution in [0.3, 0.4) is 0 Å². The third-order valence-electron chi connectivity index (χ3n) is 4.88. The SMILES string of the molecule is Cc1cccc(-n2c(O)c(C=Nc3cccc(C(F)(F)F)c3)c3ccccc3c2=O)c1. The zero-order chi connectivity index (χ0) is 22.2. The van der Waals surface area contributed by atoms with Crippen molar-refractivity contribution in [2.45, 2.75) is 13.1 Å². The van der Waals surface area contributed by atoms with Crippen molar-refractivity contribution in [2.75, 3.05) is 0 Å². The van der Waals surface area contributed by atoms with Crippen LogP contribution in [0.25, 0.3) is 16.5 Å². The molecule has 0 radical (unpaired) electrons. The smallest absolute Gasteiger partial charge is 0.416 e. The molecule has 0 bridgehead atoms. The summed E-state index contributed by atoms with van der Waals surface area (Å²) in [5.74, 6) is -0.343. The molecule has 0 fully saturated rings. The molecule has 3 aromatic carbocycles. The maximum absolute atomic E-state index is 13.1. The monoisotopic (exact) mass is 422 g/mol. The third-order valence-corrected chi connectivity index (χ3v) is 4.88. The lowest BCUT2D eigenvalue weighted by Gasteiger charge is -2.14. The Kier molecular flexibility index (Phi) is 5.10. The van der Waals surface area contributed by atoms with Gasteiger partial charge in [0.2, 0.25) is 5.88 Å². The third kappa shape index (κ3) is 3.94. The first kappa shape index (κ1) is 20.4. The second-order valence-electron chi connectivity index (χ2n) is 7.07. The summed E-state index contributed by atoms with van der Waals surface area (Å²) >= 11 is 0. The Bertz CT molecular complexity index is 1370. The Morgan fingerprint density at radius 2 is 1.65 bits per heavy atom. The van der Waals surface area contributed by atoms with E-state index < -0.39 is 17.3 Å². The van der Waals surface area contributed by atoms with Gasteiger partial charge in [-0.3, -0.25) is 9.79 Å². The van der Waals surface area contributed by atoms with Crippen molar-refractivity contribution in [3.8, 4) is 11.6 Å². The fraction of sp³-hybridized carbons (Fsp3) is 0.0833. The number of aromatic nitrogens is 1. The number of aromatic hydroxyl groups is 1. The van der Waals surface area contributed by atoms with Crippen LogP contribution in [0, 0.1) is 6.92 Å². The van der Waals surface area contributed by atoms with Gasteiger partial charge in [0.25, 0.3) is 5.56 Å². The molecule has 0 atom stereocenters. The highest BCUT2D eigenvalue weighted by Crippen LogP contribution is 2.32. The fourth-order valence-electron chi connectivity index (χ4n) is 3.40. The zero-order valence-electron chi connectivity index (χ0n) is 16.4. The lowest BCUT2D eigenvalue weighted by Crippen LogP contribution is -2.20. The number of hydrogen-bond donors (Lipinski definition) is 1. The molecular formula is C24H17F3N2O2. The van der Waals surface area contributed by atoms with Crippen molar-refractivity contribution in [1.82, 2.24) is 4.57 Å². The van der Waals surface area contributed by atoms with Crippen LogP contribution >= 0.6 is 0 Å². The van der Waals surface area contributed by atoms with E-state index in [4.69, 9.17) is 0 Å². The van der Waals surface area contributed by atoms with Crippen molar-refractivity contribution in [3.63, 3.8) is 0 Å². The van der Waals surface area contributed by atoms with Gasteiger partial charge in [-0.1, -0.05) is 36.4 Å². The van der Waals surface area contributed by atoms with E-state index in [2.05, 4.69) is 4.99 Å². The number of benzene rings is 3. The van der Waals surface area contributed by atoms with Crippen molar-refractivity contribution in [2.24, 2.45) is 4.99 Å². The molecule has 7 heteroatoms. The molecular weight excluding hydrogens is 405 g/mol. The second kappa shape index (κ2) is 7.75. The summed E-state index contributed by atoms with van der Waals surface area (Å²) in [7, 11) is 0. The minimum Gasteiger partial charge on any atom is -0.494 e. The predicted octanol–water partition coefficient (Wildman–Crippen LogP) is 5.77. The summed E-state index contributed by atoms with van der Waals surface area (Å²) in [4.78, 5) is 17.2. The molecule has 4 nitrogen and oxygen atoms in total. The molecule has 0 spiro atoms. The highest BCUT2D eigenvalue weighted by Gasteiger charge is 2.30. The van der Waals surface area contributed by atoms with E-state index in [1.54, 1.807) is 42.5 Å². The molecule has 4 aromatic rings. The minimum atomic E-state index is -4.49. The van der Waals surface area contributed by atoms with Gasteiger partial charge in [0.15, 0.2) is 0 Å². The Morgan fingerprint density at radius 1 is 0.935 bits per heavy atom. The number of hydrogen-bond acceptors (Lipinski definition) is 3. The topological polar surface area (TPSA) is 54.6 Å². The maximum Gasteiger partial charge on any atom is 0.416 e. The fourth-order valence-corrected chi connectivity index (χ4v) is 3.40. The number of nitrogens with zero attached hydrogens (tertiary/aromatic N) is 2. The van der Waals surface area contributed by atoms with Gasteiger partial charge in [-0.25, -0.2) is 4.57 Å². The van der Waals surface area contributed by atoms with E-state index in [1.165, 1.54) is 22.9 Å². The molecule has 0 aliphatic heterocycles. The number of rotatable bonds is 3. The van der Waals surface area contributed by atoms with Gasteiger partial charge in [-0.15, -0.1) is 0 Å². The molecule has 0 amide bonds. The normalized spacial score (nSPS) is 12.0. The number of aliphatic imine (C=N–C) groups is 1. The molecule has 0 aliphatic carbocycles. The number of alkyl halides is 3. The van der Waals surface area contributed by atoms with Crippen LogP contribution in [-0.4, -0.2) is 15.9 Å². The molecule has 156 valence electrons. The number of pyridine rings is 1. The summed E-state index contributed by atoms with van der Waals surface area (Å²) < 4.78 is 40.1. The average Bonchev–Trinajstić information content (AvgIpc) is 2.73. The Balaban J connectivity index is 1.92. The number of aryl methyl sites for hydroxylation is 1. The van der Waals surface area contributed by atoms with Crippen LogP contribution in [0.4, 0.5) is 18.9 Å². The van der Waals surface area contributed by atoms with Crippen molar-refractivity contribution >= 4 is 22.7 Å². The highest BCUT2D eigenvalue weighted by atomic mass is 19.4. The van der Waals surface area contributed by atoms with E-state index in [-0.39, 0.29) is 17.1 Å². The van der Waals surface area contributed by atoms with Gasteiger partial charge in [0, 0.05) is 17.0 Å². The van der Waals surface area contributed by atoms with E-state index in [9.17, 15) is 23.1 Å². The molecule has 1 aromatic heterocycles. The molecule has 0 saturated heterocycles. The Labute approximate surface area is 175 Å². The van der Waals surface area contributed by atoms with E-state index >= 15 is 0 Å². The van der Waals surface area contributed by atoms with Crippen LogP contribution in [0.2, 0.25) is 0 Å². The Morgan fingerprint density at radius 3 is 2.35 bits per heavy atom. The Hall–Kier alpha value is -3.87. The molecule has 31 heavy (non-hydrogen) atoms. The number of fused-ring (bicyclic) bond motifs is 1. The van der Waals surface area contributed by atoms with Gasteiger partial charge < -0.3 is 5.11 Å². The molecule has 1 heterocycles. The molecule has 4 rings (SSSR count). The van der Waals surface area contributed by atoms with Crippen molar-refractivity contribution < 1.29 is 18.3 Å². The van der Waals surface area contributed by atoms with Crippen molar-refractivity contribution in [1.29, 1.82) is 0 Å². The minimum absolute atomic E-state index is 0.0756. The van der Waals surface area contributed by atoms with Gasteiger partial charge in [-0.2, -0.15) is 13.2 Å². The van der Waals surface area contributed by atoms with Gasteiger partial charge >= 0.3 is 6.18 Å². The van der Waals surface area contributed by atoms with Crippen molar-refractivity contribution in [3.05, 3.63) is 99.8 Å². The van der Waals surface area contributed by atoms with Gasteiger partial charge in [0.1, 0.15) is 0 Å². The molecule has 0 saturated carbocycles. The summed E-state index contributed by atoms with van der Waals surface area (Å²) in [6.45, 7) is 1.86. The summed E-state index contributed by atoms with van der Waals surface area (Å²) in [5.41, 5.74) is 0.453. The molecule has 0 aliphatic rings. The highest BCUT2D eigenvalue weighted by molar-refractivity contribution is 6.02. The molecule has 1 N–H and O–H groups in total. The standard InChI is InChI=1S/C24H17F3N2O2/c1-15-6-4-9-18(12-15)29-22(30)20-11-3-2-10-19(20)21(23(29)31)14-28-17-8-5-7-16(13-17)24(25,26)27/h2-14,31H,1H3. The van der Waals surface area contributed by atoms with E-state index in [0.717, 1.165) is 17.7 Å². The first-order valence-corrected chi connectivity index (χ1v) is 9.41. The van der Waals surface area contributed by atoms with Gasteiger partial charge in [-0.05, 0) is 48.9 Å². The largest absolute Gasteiger partial charge is 0.494 e. The quantitative estimate of drug-likeness (QED) is 0.426. The summed E-state index contributed by atoms with van der Waals surface area (Å²) in [5, 5.41) is 11.8. The average molecular weight is 422 g/mol. The lowest BCUT2D eigenvalue weighted by atomic mass is 10.1. The van der Waals surface area contributed by atoms with E-state index in [0.29, 0.717) is 16.5 Å². The number of halogens is 3.